The van der Waals surface area contributed by atoms with Crippen LogP contribution in [-0.2, 0) is 9.53 Å². The summed E-state index contributed by atoms with van der Waals surface area (Å²) in [5.41, 5.74) is 3.49. The van der Waals surface area contributed by atoms with Gasteiger partial charge in [-0.3, -0.25) is 14.3 Å². The number of aryl methyl sites for hydroxylation is 2. The van der Waals surface area contributed by atoms with Crippen LogP contribution in [0, 0.1) is 13.8 Å². The highest BCUT2D eigenvalue weighted by Crippen LogP contribution is 2.23. The van der Waals surface area contributed by atoms with Crippen molar-refractivity contribution >= 4 is 17.7 Å². The second kappa shape index (κ2) is 9.58. The predicted octanol–water partition coefficient (Wildman–Crippen LogP) is 2.81. The number of hydrogen-bond acceptors (Lipinski definition) is 5. The third kappa shape index (κ3) is 5.16. The van der Waals surface area contributed by atoms with Crippen LogP contribution in [0.25, 0.3) is 5.69 Å². The smallest absolute Gasteiger partial charge is 0.230 e. The molecule has 6 nitrogen and oxygen atoms in total. The van der Waals surface area contributed by atoms with Gasteiger partial charge in [-0.1, -0.05) is 23.9 Å². The molecule has 1 aliphatic heterocycles. The third-order valence-corrected chi connectivity index (χ3v) is 6.26. The number of imidazole rings is 1. The van der Waals surface area contributed by atoms with Crippen LogP contribution in [0.2, 0.25) is 0 Å². The van der Waals surface area contributed by atoms with Crippen LogP contribution in [0.15, 0.2) is 35.7 Å². The topological polar surface area (TPSA) is 59.4 Å². The van der Waals surface area contributed by atoms with Crippen LogP contribution in [0.4, 0.5) is 0 Å². The van der Waals surface area contributed by atoms with E-state index in [2.05, 4.69) is 65.7 Å². The van der Waals surface area contributed by atoms with E-state index in [1.165, 1.54) is 22.9 Å². The summed E-state index contributed by atoms with van der Waals surface area (Å²) in [6.45, 7) is 11.8. The number of rotatable bonds is 7. The lowest BCUT2D eigenvalue weighted by Crippen LogP contribution is -2.52. The second-order valence-electron chi connectivity index (χ2n) is 7.40. The van der Waals surface area contributed by atoms with Crippen molar-refractivity contribution in [1.82, 2.24) is 19.8 Å². The SMILES string of the molecule is Cc1ccc(C)c(-n2ccnc2SCC(=O)NC(C)C(C)N2CCOCC2)c1. The maximum atomic E-state index is 12.5. The molecular formula is C21H30N4O2S. The van der Waals surface area contributed by atoms with Crippen LogP contribution in [-0.4, -0.2) is 64.5 Å². The Bertz CT molecular complexity index is 801. The highest BCUT2D eigenvalue weighted by molar-refractivity contribution is 7.99. The minimum atomic E-state index is 0.0353. The van der Waals surface area contributed by atoms with Crippen molar-refractivity contribution in [2.45, 2.75) is 44.9 Å². The largest absolute Gasteiger partial charge is 0.379 e. The summed E-state index contributed by atoms with van der Waals surface area (Å²) >= 11 is 1.47. The lowest BCUT2D eigenvalue weighted by molar-refractivity contribution is -0.119. The molecule has 2 atom stereocenters. The molecule has 2 heterocycles. The average Bonchev–Trinajstić information content (AvgIpc) is 3.16. The van der Waals surface area contributed by atoms with E-state index in [0.29, 0.717) is 5.75 Å². The zero-order valence-corrected chi connectivity index (χ0v) is 18.0. The number of aromatic nitrogens is 2. The maximum absolute atomic E-state index is 12.5. The molecule has 2 unspecified atom stereocenters. The second-order valence-corrected chi connectivity index (χ2v) is 8.35. The molecular weight excluding hydrogens is 372 g/mol. The minimum Gasteiger partial charge on any atom is -0.379 e. The molecule has 2 aromatic rings. The zero-order valence-electron chi connectivity index (χ0n) is 17.1. The van der Waals surface area contributed by atoms with Gasteiger partial charge in [-0.25, -0.2) is 4.98 Å². The van der Waals surface area contributed by atoms with Gasteiger partial charge in [-0.15, -0.1) is 0 Å². The number of thioether (sulfide) groups is 1. The number of nitrogens with zero attached hydrogens (tertiary/aromatic N) is 3. The average molecular weight is 403 g/mol. The van der Waals surface area contributed by atoms with Gasteiger partial charge in [0.2, 0.25) is 5.91 Å². The first-order valence-electron chi connectivity index (χ1n) is 9.80. The van der Waals surface area contributed by atoms with Crippen molar-refractivity contribution in [3.63, 3.8) is 0 Å². The fourth-order valence-electron chi connectivity index (χ4n) is 3.41. The Balaban J connectivity index is 1.57. The molecule has 0 aliphatic carbocycles. The molecule has 0 bridgehead atoms. The zero-order chi connectivity index (χ0) is 20.1. The summed E-state index contributed by atoms with van der Waals surface area (Å²) in [5, 5.41) is 3.97. The Morgan fingerprint density at radius 2 is 2.04 bits per heavy atom. The van der Waals surface area contributed by atoms with Crippen molar-refractivity contribution in [1.29, 1.82) is 0 Å². The van der Waals surface area contributed by atoms with Crippen molar-refractivity contribution < 1.29 is 9.53 Å². The van der Waals surface area contributed by atoms with Crippen LogP contribution in [0.3, 0.4) is 0 Å². The first-order chi connectivity index (χ1) is 13.5. The van der Waals surface area contributed by atoms with Gasteiger partial charge in [0.1, 0.15) is 0 Å². The van der Waals surface area contributed by atoms with E-state index in [1.54, 1.807) is 6.20 Å². The van der Waals surface area contributed by atoms with Gasteiger partial charge in [0.15, 0.2) is 5.16 Å². The monoisotopic (exact) mass is 402 g/mol. The molecule has 1 saturated heterocycles. The molecule has 0 radical (unpaired) electrons. The first-order valence-corrected chi connectivity index (χ1v) is 10.8. The summed E-state index contributed by atoms with van der Waals surface area (Å²) in [6.07, 6.45) is 3.73. The van der Waals surface area contributed by atoms with E-state index in [-0.39, 0.29) is 18.0 Å². The summed E-state index contributed by atoms with van der Waals surface area (Å²) in [5.74, 6) is 0.385. The number of nitrogens with one attached hydrogen (secondary N) is 1. The lowest BCUT2D eigenvalue weighted by atomic mass is 10.1. The summed E-state index contributed by atoms with van der Waals surface area (Å²) in [6, 6.07) is 6.74. The summed E-state index contributed by atoms with van der Waals surface area (Å²) in [7, 11) is 0. The Morgan fingerprint density at radius 3 is 2.79 bits per heavy atom. The molecule has 7 heteroatoms. The molecule has 1 aromatic heterocycles. The first kappa shape index (κ1) is 20.9. The van der Waals surface area contributed by atoms with Gasteiger partial charge in [0.25, 0.3) is 0 Å². The number of carbonyl (C=O) groups excluding carboxylic acids is 1. The van der Waals surface area contributed by atoms with Crippen LogP contribution < -0.4 is 5.32 Å². The van der Waals surface area contributed by atoms with Crippen molar-refractivity contribution in [2.75, 3.05) is 32.1 Å². The lowest BCUT2D eigenvalue weighted by Gasteiger charge is -2.35. The van der Waals surface area contributed by atoms with Crippen molar-refractivity contribution in [2.24, 2.45) is 0 Å². The Labute approximate surface area is 171 Å². The van der Waals surface area contributed by atoms with Crippen LogP contribution in [0.5, 0.6) is 0 Å². The van der Waals surface area contributed by atoms with Gasteiger partial charge >= 0.3 is 0 Å². The minimum absolute atomic E-state index is 0.0353. The van der Waals surface area contributed by atoms with E-state index < -0.39 is 0 Å². The Kier molecular flexibility index (Phi) is 7.15. The van der Waals surface area contributed by atoms with E-state index >= 15 is 0 Å². The van der Waals surface area contributed by atoms with Gasteiger partial charge in [0, 0.05) is 37.6 Å². The number of ether oxygens (including phenoxy) is 1. The van der Waals surface area contributed by atoms with Gasteiger partial charge in [0.05, 0.1) is 24.7 Å². The number of morpholine rings is 1. The van der Waals surface area contributed by atoms with Crippen LogP contribution in [0.1, 0.15) is 25.0 Å². The number of carbonyl (C=O) groups is 1. The number of benzene rings is 1. The highest BCUT2D eigenvalue weighted by Gasteiger charge is 2.23. The fraction of sp³-hybridized carbons (Fsp3) is 0.524. The molecule has 1 N–H and O–H groups in total. The van der Waals surface area contributed by atoms with Gasteiger partial charge in [-0.2, -0.15) is 0 Å². The molecule has 152 valence electrons. The van der Waals surface area contributed by atoms with E-state index in [9.17, 15) is 4.79 Å². The normalized spacial score (nSPS) is 17.3. The molecule has 1 aliphatic rings. The summed E-state index contributed by atoms with van der Waals surface area (Å²) in [4.78, 5) is 19.3. The number of hydrogen-bond donors (Lipinski definition) is 1. The highest BCUT2D eigenvalue weighted by atomic mass is 32.2. The van der Waals surface area contributed by atoms with Gasteiger partial charge < -0.3 is 10.1 Å². The van der Waals surface area contributed by atoms with Crippen molar-refractivity contribution in [3.8, 4) is 5.69 Å². The van der Waals surface area contributed by atoms with E-state index in [1.807, 2.05) is 6.20 Å². The molecule has 1 aromatic carbocycles. The summed E-state index contributed by atoms with van der Waals surface area (Å²) < 4.78 is 7.47. The molecule has 28 heavy (non-hydrogen) atoms. The Hall–Kier alpha value is -1.83. The third-order valence-electron chi connectivity index (χ3n) is 5.30. The molecule has 1 amide bonds. The maximum Gasteiger partial charge on any atom is 0.230 e. The molecule has 1 fully saturated rings. The predicted molar refractivity (Wildman–Crippen MR) is 113 cm³/mol. The molecule has 0 saturated carbocycles. The number of amides is 1. The van der Waals surface area contributed by atoms with E-state index in [0.717, 1.165) is 37.1 Å². The molecule has 0 spiro atoms. The fourth-order valence-corrected chi connectivity index (χ4v) is 4.18. The standard InChI is InChI=1S/C21H30N4O2S/c1-15-5-6-16(2)19(13-15)25-8-7-22-21(25)28-14-20(26)23-17(3)18(4)24-9-11-27-12-10-24/h5-8,13,17-18H,9-12,14H2,1-4H3,(H,23,26). The molecule has 3 rings (SSSR count). The quantitative estimate of drug-likeness (QED) is 0.722. The van der Waals surface area contributed by atoms with Gasteiger partial charge in [-0.05, 0) is 44.9 Å². The van der Waals surface area contributed by atoms with E-state index in [4.69, 9.17) is 4.74 Å². The van der Waals surface area contributed by atoms with Crippen LogP contribution >= 0.6 is 11.8 Å². The van der Waals surface area contributed by atoms with Crippen molar-refractivity contribution in [3.05, 3.63) is 41.7 Å². The Morgan fingerprint density at radius 1 is 1.29 bits per heavy atom.